The van der Waals surface area contributed by atoms with Gasteiger partial charge >= 0.3 is 5.97 Å². The SMILES string of the molecule is C=C(C)[C@@H]1CC[C@]2(C(=O)OC)CC[C@]3(C)[C@H](CC[C@@H]4[C@@]5(C)C/C(=C/c6cccc(I)c6)C(=O)C(C)(C)[C@@H]5CC[C@]43C)[C@@H]12. The van der Waals surface area contributed by atoms with Crippen LogP contribution in [0, 0.1) is 60.2 Å². The molecule has 1 aromatic carbocycles. The average Bonchev–Trinajstić information content (AvgIpc) is 3.33. The zero-order valence-electron chi connectivity index (χ0n) is 26.9. The standard InChI is InChI=1S/C38H51IO3/c1-23(2)27-14-17-38(33(41)42-8)19-18-36(6)28(31(27)38)12-13-30-35(5)22-25(20-24-10-9-11-26(39)21-24)32(40)34(3,4)29(35)15-16-37(30,36)7/h9-11,20-21,27-31H,1,12-19,22H2,2-8H3/b25-20-/t27-,28+,29-,30+,31+,35-,36+,37+,38-/m0/s1. The number of carbonyl (C=O) groups is 2. The molecule has 5 saturated carbocycles. The zero-order valence-corrected chi connectivity index (χ0v) is 29.1. The molecule has 5 aliphatic rings. The Balaban J connectivity index is 1.42. The largest absolute Gasteiger partial charge is 0.469 e. The van der Waals surface area contributed by atoms with Crippen molar-refractivity contribution in [2.45, 2.75) is 99.3 Å². The molecule has 1 aromatic rings. The van der Waals surface area contributed by atoms with Crippen molar-refractivity contribution in [1.29, 1.82) is 0 Å². The molecule has 0 spiro atoms. The fourth-order valence-electron chi connectivity index (χ4n) is 12.5. The Bertz CT molecular complexity index is 1360. The van der Waals surface area contributed by atoms with Gasteiger partial charge in [-0.3, -0.25) is 9.59 Å². The first-order chi connectivity index (χ1) is 19.7. The highest BCUT2D eigenvalue weighted by Crippen LogP contribution is 2.77. The molecule has 5 fully saturated rings. The molecule has 6 rings (SSSR count). The molecule has 3 nitrogen and oxygen atoms in total. The van der Waals surface area contributed by atoms with Crippen LogP contribution >= 0.6 is 22.6 Å². The summed E-state index contributed by atoms with van der Waals surface area (Å²) in [5, 5.41) is 0. The minimum Gasteiger partial charge on any atom is -0.469 e. The number of carbonyl (C=O) groups excluding carboxylic acids is 2. The van der Waals surface area contributed by atoms with E-state index in [0.717, 1.165) is 56.1 Å². The van der Waals surface area contributed by atoms with Crippen LogP contribution in [-0.4, -0.2) is 18.9 Å². The van der Waals surface area contributed by atoms with Crippen LogP contribution in [0.4, 0.5) is 0 Å². The van der Waals surface area contributed by atoms with Crippen LogP contribution < -0.4 is 0 Å². The lowest BCUT2D eigenvalue weighted by atomic mass is 9.32. The van der Waals surface area contributed by atoms with Crippen LogP contribution in [0.25, 0.3) is 6.08 Å². The van der Waals surface area contributed by atoms with Crippen LogP contribution in [0.1, 0.15) is 105 Å². The van der Waals surface area contributed by atoms with Gasteiger partial charge in [0.2, 0.25) is 0 Å². The third kappa shape index (κ3) is 4.01. The summed E-state index contributed by atoms with van der Waals surface area (Å²) in [4.78, 5) is 27.6. The highest BCUT2D eigenvalue weighted by Gasteiger charge is 2.72. The number of benzene rings is 1. The summed E-state index contributed by atoms with van der Waals surface area (Å²) >= 11 is 2.36. The lowest BCUT2D eigenvalue weighted by molar-refractivity contribution is -0.232. The first kappa shape index (κ1) is 30.6. The van der Waals surface area contributed by atoms with Crippen molar-refractivity contribution in [3.05, 3.63) is 51.1 Å². The second kappa shape index (κ2) is 10.0. The summed E-state index contributed by atoms with van der Waals surface area (Å²) < 4.78 is 6.75. The molecule has 0 N–H and O–H groups in total. The monoisotopic (exact) mass is 682 g/mol. The van der Waals surface area contributed by atoms with Crippen molar-refractivity contribution in [2.24, 2.45) is 56.7 Å². The number of ether oxygens (including phenoxy) is 1. The van der Waals surface area contributed by atoms with E-state index < -0.39 is 0 Å². The van der Waals surface area contributed by atoms with Gasteiger partial charge in [-0.1, -0.05) is 58.9 Å². The molecule has 228 valence electrons. The molecule has 0 heterocycles. The Morgan fingerprint density at radius 1 is 0.976 bits per heavy atom. The van der Waals surface area contributed by atoms with Crippen molar-refractivity contribution in [3.63, 3.8) is 0 Å². The van der Waals surface area contributed by atoms with Gasteiger partial charge in [0.25, 0.3) is 0 Å². The van der Waals surface area contributed by atoms with Gasteiger partial charge in [-0.05, 0) is 162 Å². The summed E-state index contributed by atoms with van der Waals surface area (Å²) in [6, 6.07) is 8.53. The second-order valence-electron chi connectivity index (χ2n) is 16.3. The summed E-state index contributed by atoms with van der Waals surface area (Å²) in [6.07, 6.45) is 11.7. The van der Waals surface area contributed by atoms with E-state index in [1.54, 1.807) is 7.11 Å². The van der Waals surface area contributed by atoms with E-state index in [-0.39, 0.29) is 33.0 Å². The topological polar surface area (TPSA) is 43.4 Å². The summed E-state index contributed by atoms with van der Waals surface area (Å²) in [5.41, 5.74) is 3.05. The zero-order chi connectivity index (χ0) is 30.5. The molecule has 0 bridgehead atoms. The maximum absolute atomic E-state index is 14.1. The number of hydrogen-bond donors (Lipinski definition) is 0. The smallest absolute Gasteiger partial charge is 0.312 e. The number of hydrogen-bond acceptors (Lipinski definition) is 3. The van der Waals surface area contributed by atoms with E-state index >= 15 is 0 Å². The Kier molecular flexibility index (Phi) is 7.31. The van der Waals surface area contributed by atoms with Gasteiger partial charge in [0.05, 0.1) is 12.5 Å². The Labute approximate surface area is 267 Å². The van der Waals surface area contributed by atoms with Gasteiger partial charge in [-0.15, -0.1) is 0 Å². The van der Waals surface area contributed by atoms with E-state index in [1.807, 2.05) is 0 Å². The molecule has 42 heavy (non-hydrogen) atoms. The fraction of sp³-hybridized carbons (Fsp3) is 0.684. The second-order valence-corrected chi connectivity index (χ2v) is 17.5. The van der Waals surface area contributed by atoms with Crippen LogP contribution in [0.5, 0.6) is 0 Å². The molecular weight excluding hydrogens is 631 g/mol. The number of methoxy groups -OCH3 is 1. The van der Waals surface area contributed by atoms with Crippen molar-refractivity contribution in [3.8, 4) is 0 Å². The lowest BCUT2D eigenvalue weighted by Crippen LogP contribution is -2.67. The summed E-state index contributed by atoms with van der Waals surface area (Å²) in [6.45, 7) is 18.9. The lowest BCUT2D eigenvalue weighted by Gasteiger charge is -2.72. The van der Waals surface area contributed by atoms with E-state index in [1.165, 1.54) is 22.0 Å². The molecule has 5 aliphatic carbocycles. The number of ketones is 1. The number of halogens is 1. The Morgan fingerprint density at radius 3 is 2.38 bits per heavy atom. The summed E-state index contributed by atoms with van der Waals surface area (Å²) in [7, 11) is 1.59. The van der Waals surface area contributed by atoms with Crippen LogP contribution in [0.15, 0.2) is 42.0 Å². The van der Waals surface area contributed by atoms with Gasteiger partial charge < -0.3 is 4.74 Å². The highest BCUT2D eigenvalue weighted by atomic mass is 127. The predicted octanol–water partition coefficient (Wildman–Crippen LogP) is 9.68. The number of esters is 1. The van der Waals surface area contributed by atoms with Crippen LogP contribution in [0.2, 0.25) is 0 Å². The summed E-state index contributed by atoms with van der Waals surface area (Å²) in [5.74, 6) is 2.53. The number of Topliss-reactive ketones (excluding diaryl/α,β-unsaturated/α-hetero) is 1. The quantitative estimate of drug-likeness (QED) is 0.138. The van der Waals surface area contributed by atoms with E-state index in [0.29, 0.717) is 35.4 Å². The van der Waals surface area contributed by atoms with E-state index in [9.17, 15) is 9.59 Å². The third-order valence-electron chi connectivity index (χ3n) is 14.4. The van der Waals surface area contributed by atoms with Gasteiger partial charge in [0.1, 0.15) is 0 Å². The Morgan fingerprint density at radius 2 is 1.71 bits per heavy atom. The molecule has 9 atom stereocenters. The first-order valence-corrected chi connectivity index (χ1v) is 17.5. The highest BCUT2D eigenvalue weighted by molar-refractivity contribution is 14.1. The van der Waals surface area contributed by atoms with Gasteiger partial charge in [-0.2, -0.15) is 0 Å². The molecule has 0 aliphatic heterocycles. The fourth-order valence-corrected chi connectivity index (χ4v) is 13.0. The third-order valence-corrected chi connectivity index (χ3v) is 15.1. The van der Waals surface area contributed by atoms with E-state index in [2.05, 4.69) is 101 Å². The molecule has 0 amide bonds. The minimum atomic E-state index is -0.372. The molecule has 0 radical (unpaired) electrons. The molecular formula is C38H51IO3. The van der Waals surface area contributed by atoms with Gasteiger partial charge in [0, 0.05) is 8.99 Å². The van der Waals surface area contributed by atoms with Gasteiger partial charge in [-0.25, -0.2) is 0 Å². The number of fused-ring (bicyclic) bond motifs is 7. The molecule has 4 heteroatoms. The van der Waals surface area contributed by atoms with Crippen molar-refractivity contribution >= 4 is 40.4 Å². The number of rotatable bonds is 3. The first-order valence-electron chi connectivity index (χ1n) is 16.4. The maximum atomic E-state index is 14.1. The maximum Gasteiger partial charge on any atom is 0.312 e. The molecule has 0 aromatic heterocycles. The van der Waals surface area contributed by atoms with Gasteiger partial charge in [0.15, 0.2) is 5.78 Å². The molecule has 0 saturated heterocycles. The molecule has 0 unspecified atom stereocenters. The normalized spacial score (nSPS) is 44.9. The van der Waals surface area contributed by atoms with Crippen LogP contribution in [0.3, 0.4) is 0 Å². The minimum absolute atomic E-state index is 0.0270. The average molecular weight is 683 g/mol. The van der Waals surface area contributed by atoms with Crippen LogP contribution in [-0.2, 0) is 14.3 Å². The Hall–Kier alpha value is -1.43. The van der Waals surface area contributed by atoms with E-state index in [4.69, 9.17) is 4.74 Å². The van der Waals surface area contributed by atoms with Crippen molar-refractivity contribution in [2.75, 3.05) is 7.11 Å². The van der Waals surface area contributed by atoms with Crippen molar-refractivity contribution in [1.82, 2.24) is 0 Å². The van der Waals surface area contributed by atoms with Crippen molar-refractivity contribution < 1.29 is 14.3 Å². The predicted molar refractivity (Wildman–Crippen MR) is 179 cm³/mol. The number of allylic oxidation sites excluding steroid dienone is 2.